The van der Waals surface area contributed by atoms with E-state index in [1.54, 1.807) is 0 Å². The van der Waals surface area contributed by atoms with Gasteiger partial charge in [-0.25, -0.2) is 4.79 Å². The van der Waals surface area contributed by atoms with E-state index in [1.807, 2.05) is 20.8 Å². The van der Waals surface area contributed by atoms with Gasteiger partial charge in [0.05, 0.1) is 18.7 Å². The Morgan fingerprint density at radius 1 is 1.56 bits per heavy atom. The van der Waals surface area contributed by atoms with E-state index in [4.69, 9.17) is 4.74 Å². The lowest BCUT2D eigenvalue weighted by molar-refractivity contribution is -0.117. The van der Waals surface area contributed by atoms with Crippen LogP contribution >= 0.6 is 0 Å². The normalized spacial score (nSPS) is 26.2. The number of carbonyl (C=O) groups excluding carboxylic acids is 1. The number of carboxylic acid groups (broad SMARTS) is 1. The van der Waals surface area contributed by atoms with Crippen LogP contribution in [-0.2, 0) is 9.53 Å². The lowest BCUT2D eigenvalue weighted by Gasteiger charge is -2.45. The Morgan fingerprint density at radius 2 is 2.12 bits per heavy atom. The quantitative estimate of drug-likeness (QED) is 0.776. The van der Waals surface area contributed by atoms with Crippen molar-refractivity contribution >= 4 is 11.9 Å². The molecule has 0 aromatic rings. The fourth-order valence-corrected chi connectivity index (χ4v) is 2.31. The van der Waals surface area contributed by atoms with Crippen LogP contribution in [0, 0.1) is 5.41 Å². The highest BCUT2D eigenvalue weighted by Crippen LogP contribution is 2.42. The van der Waals surface area contributed by atoms with Crippen molar-refractivity contribution < 1.29 is 19.4 Å². The van der Waals surface area contributed by atoms with E-state index in [2.05, 4.69) is 0 Å². The molecule has 1 unspecified atom stereocenters. The molecule has 0 spiro atoms. The van der Waals surface area contributed by atoms with Crippen molar-refractivity contribution in [2.75, 3.05) is 20.3 Å². The summed E-state index contributed by atoms with van der Waals surface area (Å²) in [4.78, 5) is 24.0. The number of Topliss-reactive ketones (excluding diaryl/α,β-unsaturated/α-hetero) is 1. The van der Waals surface area contributed by atoms with Gasteiger partial charge in [-0.3, -0.25) is 9.69 Å². The number of hydrogen-bond acceptors (Lipinski definition) is 3. The molecule has 0 aromatic heterocycles. The topological polar surface area (TPSA) is 66.8 Å². The Labute approximate surface area is 95.4 Å². The molecule has 1 fully saturated rings. The number of carbonyl (C=O) groups is 2. The highest BCUT2D eigenvalue weighted by molar-refractivity contribution is 5.89. The minimum absolute atomic E-state index is 0.0318. The van der Waals surface area contributed by atoms with Gasteiger partial charge in [-0.15, -0.1) is 0 Å². The van der Waals surface area contributed by atoms with Gasteiger partial charge in [-0.1, -0.05) is 20.8 Å². The number of nitrogens with zero attached hydrogens (tertiary/aromatic N) is 1. The van der Waals surface area contributed by atoms with Crippen LogP contribution in [0.25, 0.3) is 0 Å². The molecule has 0 radical (unpaired) electrons. The predicted octanol–water partition coefficient (Wildman–Crippen LogP) is 1.37. The Kier molecular flexibility index (Phi) is 3.28. The molecule has 0 aliphatic carbocycles. The van der Waals surface area contributed by atoms with Gasteiger partial charge in [0.25, 0.3) is 0 Å². The summed E-state index contributed by atoms with van der Waals surface area (Å²) in [5.74, 6) is -0.0469. The Bertz CT molecular complexity index is 308. The summed E-state index contributed by atoms with van der Waals surface area (Å²) >= 11 is 0. The molecular weight excluding hydrogens is 210 g/mol. The molecule has 1 amide bonds. The number of likely N-dealkylation sites (tertiary alicyclic amines) is 1. The number of rotatable bonds is 2. The first kappa shape index (κ1) is 13.0. The average Bonchev–Trinajstić information content (AvgIpc) is 2.43. The summed E-state index contributed by atoms with van der Waals surface area (Å²) in [6.45, 7) is 6.01. The molecule has 1 aliphatic rings. The van der Waals surface area contributed by atoms with Gasteiger partial charge in [0.15, 0.2) is 5.78 Å². The summed E-state index contributed by atoms with van der Waals surface area (Å²) < 4.78 is 5.13. The second-order valence-electron chi connectivity index (χ2n) is 5.30. The minimum Gasteiger partial charge on any atom is -0.465 e. The SMILES string of the molecule is COCC1(C(C)(C)C)CC(=O)CN1C(=O)O. The van der Waals surface area contributed by atoms with E-state index >= 15 is 0 Å². The molecular formula is C11H19NO4. The van der Waals surface area contributed by atoms with E-state index in [1.165, 1.54) is 12.0 Å². The first-order valence-corrected chi connectivity index (χ1v) is 5.26. The number of amides is 1. The van der Waals surface area contributed by atoms with Crippen LogP contribution in [0.3, 0.4) is 0 Å². The van der Waals surface area contributed by atoms with Gasteiger partial charge in [0, 0.05) is 13.5 Å². The van der Waals surface area contributed by atoms with Gasteiger partial charge >= 0.3 is 6.09 Å². The summed E-state index contributed by atoms with van der Waals surface area (Å²) in [7, 11) is 1.52. The molecule has 1 rings (SSSR count). The molecule has 5 nitrogen and oxygen atoms in total. The summed E-state index contributed by atoms with van der Waals surface area (Å²) in [5.41, 5.74) is -1.09. The zero-order valence-corrected chi connectivity index (χ0v) is 10.2. The van der Waals surface area contributed by atoms with E-state index in [9.17, 15) is 14.7 Å². The van der Waals surface area contributed by atoms with Gasteiger partial charge in [0.2, 0.25) is 0 Å². The fraction of sp³-hybridized carbons (Fsp3) is 0.818. The number of hydrogen-bond donors (Lipinski definition) is 1. The zero-order chi connectivity index (χ0) is 12.6. The largest absolute Gasteiger partial charge is 0.465 e. The summed E-state index contributed by atoms with van der Waals surface area (Å²) in [6.07, 6.45) is -0.825. The molecule has 1 aliphatic heterocycles. The monoisotopic (exact) mass is 229 g/mol. The van der Waals surface area contributed by atoms with Gasteiger partial charge in [-0.05, 0) is 5.41 Å². The van der Waals surface area contributed by atoms with E-state index < -0.39 is 11.6 Å². The Morgan fingerprint density at radius 3 is 2.50 bits per heavy atom. The van der Waals surface area contributed by atoms with E-state index in [0.717, 1.165) is 0 Å². The third-order valence-electron chi connectivity index (χ3n) is 3.35. The Hall–Kier alpha value is -1.10. The minimum atomic E-state index is -1.06. The number of ketones is 1. The van der Waals surface area contributed by atoms with Gasteiger partial charge in [-0.2, -0.15) is 0 Å². The lowest BCUT2D eigenvalue weighted by Crippen LogP contribution is -2.58. The maximum absolute atomic E-state index is 11.5. The molecule has 5 heteroatoms. The predicted molar refractivity (Wildman–Crippen MR) is 58.4 cm³/mol. The van der Waals surface area contributed by atoms with Crippen LogP contribution in [0.1, 0.15) is 27.2 Å². The maximum atomic E-state index is 11.5. The lowest BCUT2D eigenvalue weighted by atomic mass is 9.72. The van der Waals surface area contributed by atoms with Crippen LogP contribution in [-0.4, -0.2) is 47.7 Å². The molecule has 1 heterocycles. The van der Waals surface area contributed by atoms with Crippen molar-refractivity contribution in [1.82, 2.24) is 4.90 Å². The van der Waals surface area contributed by atoms with Crippen molar-refractivity contribution in [3.8, 4) is 0 Å². The molecule has 0 bridgehead atoms. The standard InChI is InChI=1S/C11H19NO4/c1-10(2,3)11(7-16-4)5-8(13)6-12(11)9(14)15/h5-7H2,1-4H3,(H,14,15). The van der Waals surface area contributed by atoms with Crippen LogP contribution in [0.2, 0.25) is 0 Å². The van der Waals surface area contributed by atoms with E-state index in [0.29, 0.717) is 0 Å². The third kappa shape index (κ3) is 1.91. The second kappa shape index (κ2) is 4.05. The van der Waals surface area contributed by atoms with Crippen LogP contribution in [0.4, 0.5) is 4.79 Å². The molecule has 16 heavy (non-hydrogen) atoms. The number of ether oxygens (including phenoxy) is 1. The van der Waals surface area contributed by atoms with Crippen molar-refractivity contribution in [1.29, 1.82) is 0 Å². The van der Waals surface area contributed by atoms with Crippen molar-refractivity contribution in [2.45, 2.75) is 32.7 Å². The van der Waals surface area contributed by atoms with Crippen molar-refractivity contribution in [2.24, 2.45) is 5.41 Å². The second-order valence-corrected chi connectivity index (χ2v) is 5.30. The van der Waals surface area contributed by atoms with Crippen LogP contribution in [0.5, 0.6) is 0 Å². The van der Waals surface area contributed by atoms with Gasteiger partial charge < -0.3 is 9.84 Å². The molecule has 0 saturated carbocycles. The zero-order valence-electron chi connectivity index (χ0n) is 10.2. The third-order valence-corrected chi connectivity index (χ3v) is 3.35. The highest BCUT2D eigenvalue weighted by Gasteiger charge is 2.54. The molecule has 1 saturated heterocycles. The summed E-state index contributed by atoms with van der Waals surface area (Å²) in [5, 5.41) is 9.17. The first-order valence-electron chi connectivity index (χ1n) is 5.26. The van der Waals surface area contributed by atoms with Crippen molar-refractivity contribution in [3.05, 3.63) is 0 Å². The highest BCUT2D eigenvalue weighted by atomic mass is 16.5. The molecule has 0 aromatic carbocycles. The van der Waals surface area contributed by atoms with Crippen molar-refractivity contribution in [3.63, 3.8) is 0 Å². The Balaban J connectivity index is 3.16. The molecule has 1 atom stereocenters. The average molecular weight is 229 g/mol. The van der Waals surface area contributed by atoms with E-state index in [-0.39, 0.29) is 30.8 Å². The fourth-order valence-electron chi connectivity index (χ4n) is 2.31. The summed E-state index contributed by atoms with van der Waals surface area (Å²) in [6, 6.07) is 0. The first-order chi connectivity index (χ1) is 7.24. The van der Waals surface area contributed by atoms with Crippen LogP contribution in [0.15, 0.2) is 0 Å². The molecule has 1 N–H and O–H groups in total. The molecule has 92 valence electrons. The smallest absolute Gasteiger partial charge is 0.408 e. The van der Waals surface area contributed by atoms with Crippen LogP contribution < -0.4 is 0 Å². The maximum Gasteiger partial charge on any atom is 0.408 e. The van der Waals surface area contributed by atoms with Gasteiger partial charge in [0.1, 0.15) is 0 Å². The number of methoxy groups -OCH3 is 1.